The number of amides is 1. The van der Waals surface area contributed by atoms with E-state index in [-0.39, 0.29) is 38.2 Å². The maximum atomic E-state index is 13.0. The topological polar surface area (TPSA) is 84.8 Å². The van der Waals surface area contributed by atoms with E-state index in [0.29, 0.717) is 12.6 Å². The zero-order chi connectivity index (χ0) is 19.9. The molecule has 2 heterocycles. The van der Waals surface area contributed by atoms with E-state index in [1.807, 2.05) is 0 Å². The lowest BCUT2D eigenvalue weighted by Gasteiger charge is -2.21. The number of carbonyl (C=O) groups is 2. The number of carbonyl (C=O) groups excluding carboxylic acids is 2. The largest absolute Gasteiger partial charge is 0.346 e. The number of likely N-dealkylation sites (N-methyl/N-ethyl adjacent to an activating group) is 1. The summed E-state index contributed by atoms with van der Waals surface area (Å²) in [6.45, 7) is 4.85. The fourth-order valence-corrected chi connectivity index (χ4v) is 5.92. The van der Waals surface area contributed by atoms with Crippen LogP contribution in [0.1, 0.15) is 46.0 Å². The van der Waals surface area contributed by atoms with Gasteiger partial charge in [-0.25, -0.2) is 8.42 Å². The van der Waals surface area contributed by atoms with Crippen molar-refractivity contribution in [3.63, 3.8) is 0 Å². The second-order valence-electron chi connectivity index (χ2n) is 7.35. The molecule has 0 saturated carbocycles. The Morgan fingerprint density at radius 2 is 1.89 bits per heavy atom. The van der Waals surface area contributed by atoms with Gasteiger partial charge < -0.3 is 10.2 Å². The molecule has 2 aromatic carbocycles. The van der Waals surface area contributed by atoms with Crippen LogP contribution in [0.15, 0.2) is 52.3 Å². The molecule has 1 fully saturated rings. The first-order valence-corrected chi connectivity index (χ1v) is 11.1. The lowest BCUT2D eigenvalue weighted by Crippen LogP contribution is -3.14. The summed E-state index contributed by atoms with van der Waals surface area (Å²) in [6.07, 6.45) is 2.23. The number of nitrogens with one attached hydrogen (secondary N) is 2. The van der Waals surface area contributed by atoms with Gasteiger partial charge in [-0.15, -0.1) is 0 Å². The Kier molecular flexibility index (Phi) is 4.81. The lowest BCUT2D eigenvalue weighted by atomic mass is 10.0. The van der Waals surface area contributed by atoms with Crippen LogP contribution >= 0.6 is 0 Å². The zero-order valence-corrected chi connectivity index (χ0v) is 16.5. The van der Waals surface area contributed by atoms with E-state index in [4.69, 9.17) is 0 Å². The standard InChI is InChI=1S/C21H22N2O4S/c1-2-23-11-5-6-15(23)13-22-21(25)14-9-10-17-19(12-14)28(26,27)18-8-4-3-7-16(18)20(17)24/h3-4,7-10,12,15H,2,5-6,11,13H2,1H3,(H,22,25)/p+1/t15-/m0/s1. The van der Waals surface area contributed by atoms with E-state index in [9.17, 15) is 18.0 Å². The molecule has 7 heteroatoms. The molecule has 1 saturated heterocycles. The first-order valence-electron chi connectivity index (χ1n) is 9.59. The minimum Gasteiger partial charge on any atom is -0.346 e. The Morgan fingerprint density at radius 1 is 1.14 bits per heavy atom. The third-order valence-corrected chi connectivity index (χ3v) is 7.64. The zero-order valence-electron chi connectivity index (χ0n) is 15.7. The van der Waals surface area contributed by atoms with Gasteiger partial charge in [-0.2, -0.15) is 0 Å². The molecule has 1 amide bonds. The summed E-state index contributed by atoms with van der Waals surface area (Å²) in [6, 6.07) is 10.9. The van der Waals surface area contributed by atoms with Gasteiger partial charge in [-0.3, -0.25) is 9.59 Å². The number of hydrogen-bond acceptors (Lipinski definition) is 4. The average Bonchev–Trinajstić information content (AvgIpc) is 3.18. The summed E-state index contributed by atoms with van der Waals surface area (Å²) in [7, 11) is -3.84. The van der Waals surface area contributed by atoms with Gasteiger partial charge in [-0.1, -0.05) is 12.1 Å². The molecule has 0 aliphatic carbocycles. The normalized spacial score (nSPS) is 22.4. The number of benzene rings is 2. The number of hydrogen-bond donors (Lipinski definition) is 2. The number of sulfone groups is 1. The summed E-state index contributed by atoms with van der Waals surface area (Å²) in [5.74, 6) is -0.646. The monoisotopic (exact) mass is 399 g/mol. The Hall–Kier alpha value is -2.51. The minimum absolute atomic E-state index is 0.00167. The number of likely N-dealkylation sites (tertiary alicyclic amines) is 1. The SMILES string of the molecule is CC[NH+]1CCC[C@H]1CNC(=O)c1ccc2c(c1)S(=O)(=O)c1ccccc1C2=O. The van der Waals surface area contributed by atoms with Crippen molar-refractivity contribution in [3.05, 3.63) is 59.2 Å². The van der Waals surface area contributed by atoms with E-state index in [0.717, 1.165) is 25.9 Å². The van der Waals surface area contributed by atoms with Crippen molar-refractivity contribution in [2.45, 2.75) is 35.6 Å². The summed E-state index contributed by atoms with van der Waals surface area (Å²) in [5.41, 5.74) is 0.550. The molecular weight excluding hydrogens is 376 g/mol. The highest BCUT2D eigenvalue weighted by molar-refractivity contribution is 7.91. The van der Waals surface area contributed by atoms with Crippen LogP contribution in [-0.4, -0.2) is 45.8 Å². The highest BCUT2D eigenvalue weighted by atomic mass is 32.2. The molecular formula is C21H23N2O4S+. The van der Waals surface area contributed by atoms with Gasteiger partial charge in [0.25, 0.3) is 5.91 Å². The molecule has 28 heavy (non-hydrogen) atoms. The van der Waals surface area contributed by atoms with Gasteiger partial charge in [0.2, 0.25) is 9.84 Å². The van der Waals surface area contributed by atoms with Crippen molar-refractivity contribution in [1.29, 1.82) is 0 Å². The third kappa shape index (κ3) is 3.04. The maximum absolute atomic E-state index is 13.0. The summed E-state index contributed by atoms with van der Waals surface area (Å²) in [5, 5.41) is 2.93. The first kappa shape index (κ1) is 18.8. The second-order valence-corrected chi connectivity index (χ2v) is 9.24. The van der Waals surface area contributed by atoms with Crippen LogP contribution in [0, 0.1) is 0 Å². The van der Waals surface area contributed by atoms with E-state index < -0.39 is 9.84 Å². The van der Waals surface area contributed by atoms with Crippen LogP contribution in [0.25, 0.3) is 0 Å². The molecule has 2 aliphatic rings. The fourth-order valence-electron chi connectivity index (χ4n) is 4.24. The first-order chi connectivity index (χ1) is 13.4. The Morgan fingerprint density at radius 3 is 2.68 bits per heavy atom. The summed E-state index contributed by atoms with van der Waals surface area (Å²) < 4.78 is 26.0. The molecule has 6 nitrogen and oxygen atoms in total. The Balaban J connectivity index is 1.61. The van der Waals surface area contributed by atoms with E-state index in [1.165, 1.54) is 35.2 Å². The van der Waals surface area contributed by atoms with Crippen molar-refractivity contribution in [3.8, 4) is 0 Å². The summed E-state index contributed by atoms with van der Waals surface area (Å²) >= 11 is 0. The predicted octanol–water partition coefficient (Wildman–Crippen LogP) is 0.861. The quantitative estimate of drug-likeness (QED) is 0.682. The van der Waals surface area contributed by atoms with Crippen molar-refractivity contribution >= 4 is 21.5 Å². The van der Waals surface area contributed by atoms with Crippen LogP contribution in [0.5, 0.6) is 0 Å². The average molecular weight is 399 g/mol. The molecule has 0 radical (unpaired) electrons. The van der Waals surface area contributed by atoms with Crippen molar-refractivity contribution in [1.82, 2.24) is 5.32 Å². The Labute approximate surface area is 164 Å². The number of ketones is 1. The van der Waals surface area contributed by atoms with Gasteiger partial charge >= 0.3 is 0 Å². The number of rotatable bonds is 4. The highest BCUT2D eigenvalue weighted by Gasteiger charge is 2.35. The third-order valence-electron chi connectivity index (χ3n) is 5.79. The van der Waals surface area contributed by atoms with Crippen LogP contribution < -0.4 is 10.2 Å². The molecule has 2 atom stereocenters. The summed E-state index contributed by atoms with van der Waals surface area (Å²) in [4.78, 5) is 26.7. The highest BCUT2D eigenvalue weighted by Crippen LogP contribution is 2.34. The minimum atomic E-state index is -3.84. The smallest absolute Gasteiger partial charge is 0.251 e. The molecule has 2 N–H and O–H groups in total. The van der Waals surface area contributed by atoms with Crippen molar-refractivity contribution in [2.75, 3.05) is 19.6 Å². The van der Waals surface area contributed by atoms with Gasteiger partial charge in [0.05, 0.1) is 29.4 Å². The van der Waals surface area contributed by atoms with E-state index >= 15 is 0 Å². The van der Waals surface area contributed by atoms with Crippen molar-refractivity contribution in [2.24, 2.45) is 0 Å². The molecule has 146 valence electrons. The maximum Gasteiger partial charge on any atom is 0.251 e. The molecule has 2 aromatic rings. The second kappa shape index (κ2) is 7.14. The lowest BCUT2D eigenvalue weighted by molar-refractivity contribution is -0.909. The predicted molar refractivity (Wildman–Crippen MR) is 103 cm³/mol. The van der Waals surface area contributed by atoms with Crippen LogP contribution in [0.3, 0.4) is 0 Å². The number of fused-ring (bicyclic) bond motifs is 2. The van der Waals surface area contributed by atoms with Gasteiger partial charge in [-0.05, 0) is 37.3 Å². The number of quaternary nitrogens is 1. The van der Waals surface area contributed by atoms with Crippen molar-refractivity contribution < 1.29 is 22.9 Å². The molecule has 4 rings (SSSR count). The fraction of sp³-hybridized carbons (Fsp3) is 0.333. The molecule has 0 bridgehead atoms. The molecule has 0 spiro atoms. The van der Waals surface area contributed by atoms with E-state index in [1.54, 1.807) is 12.1 Å². The van der Waals surface area contributed by atoms with Gasteiger partial charge in [0.15, 0.2) is 5.78 Å². The molecule has 1 unspecified atom stereocenters. The van der Waals surface area contributed by atoms with Crippen LogP contribution in [-0.2, 0) is 9.84 Å². The van der Waals surface area contributed by atoms with Crippen LogP contribution in [0.2, 0.25) is 0 Å². The van der Waals surface area contributed by atoms with Gasteiger partial charge in [0, 0.05) is 29.5 Å². The van der Waals surface area contributed by atoms with Crippen LogP contribution in [0.4, 0.5) is 0 Å². The Bertz CT molecular complexity index is 1060. The van der Waals surface area contributed by atoms with Gasteiger partial charge in [0.1, 0.15) is 6.04 Å². The molecule has 0 aromatic heterocycles. The van der Waals surface area contributed by atoms with E-state index in [2.05, 4.69) is 12.2 Å². The molecule has 2 aliphatic heterocycles.